The summed E-state index contributed by atoms with van der Waals surface area (Å²) in [5.41, 5.74) is 7.17. The molecule has 1 aromatic carbocycles. The average molecular weight is 286 g/mol. The molecule has 110 valence electrons. The van der Waals surface area contributed by atoms with E-state index in [0.717, 1.165) is 5.69 Å². The standard InChI is InChI=1S/C15H18N4O2/c1-18(10-11-19-9-3-2-4-14(19)20)13-7-5-12(6-8-13)15(16)17-21/h2-9,21H,10-11H2,1H3,(H2,16,17). The Balaban J connectivity index is 2.02. The highest BCUT2D eigenvalue weighted by Crippen LogP contribution is 2.13. The van der Waals surface area contributed by atoms with Crippen LogP contribution >= 0.6 is 0 Å². The molecule has 0 atom stereocenters. The Hall–Kier alpha value is -2.76. The first-order chi connectivity index (χ1) is 10.1. The molecule has 0 amide bonds. The summed E-state index contributed by atoms with van der Waals surface area (Å²) in [6.45, 7) is 1.31. The summed E-state index contributed by atoms with van der Waals surface area (Å²) < 4.78 is 1.67. The van der Waals surface area contributed by atoms with Crippen molar-refractivity contribution < 1.29 is 5.21 Å². The summed E-state index contributed by atoms with van der Waals surface area (Å²) in [4.78, 5) is 13.7. The van der Waals surface area contributed by atoms with E-state index in [-0.39, 0.29) is 11.4 Å². The van der Waals surface area contributed by atoms with Crippen molar-refractivity contribution in [2.75, 3.05) is 18.5 Å². The van der Waals surface area contributed by atoms with Crippen molar-refractivity contribution in [1.82, 2.24) is 4.57 Å². The number of nitrogens with two attached hydrogens (primary N) is 1. The van der Waals surface area contributed by atoms with Crippen LogP contribution in [-0.2, 0) is 6.54 Å². The molecule has 0 radical (unpaired) electrons. The van der Waals surface area contributed by atoms with E-state index >= 15 is 0 Å². The average Bonchev–Trinajstić information content (AvgIpc) is 2.53. The van der Waals surface area contributed by atoms with Gasteiger partial charge in [-0.3, -0.25) is 4.79 Å². The van der Waals surface area contributed by atoms with Crippen molar-refractivity contribution in [2.45, 2.75) is 6.54 Å². The van der Waals surface area contributed by atoms with Gasteiger partial charge in [0.15, 0.2) is 5.84 Å². The van der Waals surface area contributed by atoms with Crippen LogP contribution < -0.4 is 16.2 Å². The molecule has 0 bridgehead atoms. The molecule has 0 fully saturated rings. The number of likely N-dealkylation sites (N-methyl/N-ethyl adjacent to an activating group) is 1. The minimum atomic E-state index is -0.00632. The number of hydrogen-bond acceptors (Lipinski definition) is 4. The molecule has 1 heterocycles. The van der Waals surface area contributed by atoms with Crippen molar-refractivity contribution in [3.8, 4) is 0 Å². The number of anilines is 1. The van der Waals surface area contributed by atoms with E-state index in [9.17, 15) is 4.79 Å². The third-order valence-corrected chi connectivity index (χ3v) is 3.29. The number of oxime groups is 1. The van der Waals surface area contributed by atoms with Crippen LogP contribution in [0.3, 0.4) is 0 Å². The lowest BCUT2D eigenvalue weighted by Gasteiger charge is -2.20. The molecule has 0 unspecified atom stereocenters. The van der Waals surface area contributed by atoms with E-state index in [2.05, 4.69) is 5.16 Å². The first kappa shape index (κ1) is 14.6. The maximum Gasteiger partial charge on any atom is 0.250 e. The molecule has 2 rings (SSSR count). The van der Waals surface area contributed by atoms with Crippen molar-refractivity contribution in [3.63, 3.8) is 0 Å². The Morgan fingerprint density at radius 3 is 2.62 bits per heavy atom. The van der Waals surface area contributed by atoms with Gasteiger partial charge in [0.25, 0.3) is 5.56 Å². The zero-order chi connectivity index (χ0) is 15.2. The van der Waals surface area contributed by atoms with Crippen molar-refractivity contribution in [3.05, 3.63) is 64.6 Å². The first-order valence-corrected chi connectivity index (χ1v) is 6.56. The van der Waals surface area contributed by atoms with Gasteiger partial charge in [-0.1, -0.05) is 11.2 Å². The van der Waals surface area contributed by atoms with Gasteiger partial charge in [0.1, 0.15) is 0 Å². The third-order valence-electron chi connectivity index (χ3n) is 3.29. The van der Waals surface area contributed by atoms with Crippen LogP contribution in [0.4, 0.5) is 5.69 Å². The number of hydrogen-bond donors (Lipinski definition) is 2. The first-order valence-electron chi connectivity index (χ1n) is 6.56. The molecule has 6 heteroatoms. The highest BCUT2D eigenvalue weighted by molar-refractivity contribution is 5.97. The van der Waals surface area contributed by atoms with Gasteiger partial charge in [0, 0.05) is 43.7 Å². The smallest absolute Gasteiger partial charge is 0.250 e. The van der Waals surface area contributed by atoms with E-state index in [1.54, 1.807) is 35.0 Å². The van der Waals surface area contributed by atoms with Crippen LogP contribution in [0.5, 0.6) is 0 Å². The van der Waals surface area contributed by atoms with Gasteiger partial charge >= 0.3 is 0 Å². The van der Waals surface area contributed by atoms with E-state index in [4.69, 9.17) is 10.9 Å². The molecule has 3 N–H and O–H groups in total. The Labute approximate surface area is 122 Å². The lowest BCUT2D eigenvalue weighted by molar-refractivity contribution is 0.318. The summed E-state index contributed by atoms with van der Waals surface area (Å²) in [5.74, 6) is 0.0834. The molecular formula is C15H18N4O2. The zero-order valence-electron chi connectivity index (χ0n) is 11.8. The minimum absolute atomic E-state index is 0.00632. The maximum atomic E-state index is 11.6. The van der Waals surface area contributed by atoms with Gasteiger partial charge in [-0.15, -0.1) is 0 Å². The molecule has 21 heavy (non-hydrogen) atoms. The second-order valence-electron chi connectivity index (χ2n) is 4.69. The highest BCUT2D eigenvalue weighted by Gasteiger charge is 2.04. The Bertz CT molecular complexity index is 677. The largest absolute Gasteiger partial charge is 0.409 e. The van der Waals surface area contributed by atoms with Crippen LogP contribution in [0, 0.1) is 0 Å². The van der Waals surface area contributed by atoms with Crippen molar-refractivity contribution in [1.29, 1.82) is 0 Å². The summed E-state index contributed by atoms with van der Waals surface area (Å²) in [6.07, 6.45) is 1.78. The molecule has 0 saturated heterocycles. The summed E-state index contributed by atoms with van der Waals surface area (Å²) >= 11 is 0. The normalized spacial score (nSPS) is 11.4. The Kier molecular flexibility index (Phi) is 4.61. The molecule has 1 aromatic heterocycles. The predicted molar refractivity (Wildman–Crippen MR) is 82.9 cm³/mol. The number of benzene rings is 1. The highest BCUT2D eigenvalue weighted by atomic mass is 16.4. The number of nitrogens with zero attached hydrogens (tertiary/aromatic N) is 3. The second kappa shape index (κ2) is 6.60. The van der Waals surface area contributed by atoms with Crippen LogP contribution in [-0.4, -0.2) is 29.2 Å². The quantitative estimate of drug-likeness (QED) is 0.373. The van der Waals surface area contributed by atoms with E-state index in [1.165, 1.54) is 0 Å². The summed E-state index contributed by atoms with van der Waals surface area (Å²) in [7, 11) is 1.95. The van der Waals surface area contributed by atoms with Crippen LogP contribution in [0.25, 0.3) is 0 Å². The van der Waals surface area contributed by atoms with E-state index in [1.807, 2.05) is 30.1 Å². The summed E-state index contributed by atoms with van der Waals surface area (Å²) in [6, 6.07) is 12.5. The van der Waals surface area contributed by atoms with Crippen molar-refractivity contribution in [2.24, 2.45) is 10.9 Å². The van der Waals surface area contributed by atoms with Gasteiger partial charge in [-0.2, -0.15) is 0 Å². The number of aromatic nitrogens is 1. The number of amidine groups is 1. The molecule has 6 nitrogen and oxygen atoms in total. The van der Waals surface area contributed by atoms with Gasteiger partial charge in [0.05, 0.1) is 0 Å². The fourth-order valence-electron chi connectivity index (χ4n) is 1.98. The zero-order valence-corrected chi connectivity index (χ0v) is 11.8. The fourth-order valence-corrected chi connectivity index (χ4v) is 1.98. The van der Waals surface area contributed by atoms with E-state index in [0.29, 0.717) is 18.7 Å². The molecule has 2 aromatic rings. The van der Waals surface area contributed by atoms with Gasteiger partial charge in [0.2, 0.25) is 0 Å². The molecule has 0 aliphatic heterocycles. The van der Waals surface area contributed by atoms with Crippen LogP contribution in [0.2, 0.25) is 0 Å². The monoisotopic (exact) mass is 286 g/mol. The Morgan fingerprint density at radius 1 is 1.29 bits per heavy atom. The Morgan fingerprint density at radius 2 is 2.00 bits per heavy atom. The molecule has 0 spiro atoms. The van der Waals surface area contributed by atoms with Crippen LogP contribution in [0.1, 0.15) is 5.56 Å². The topological polar surface area (TPSA) is 83.9 Å². The lowest BCUT2D eigenvalue weighted by Crippen LogP contribution is -2.27. The van der Waals surface area contributed by atoms with Gasteiger partial charge in [-0.25, -0.2) is 0 Å². The molecule has 0 saturated carbocycles. The SMILES string of the molecule is CN(CCn1ccccc1=O)c1ccc(/C(N)=N/O)cc1. The third kappa shape index (κ3) is 3.62. The number of pyridine rings is 1. The fraction of sp³-hybridized carbons (Fsp3) is 0.200. The lowest BCUT2D eigenvalue weighted by atomic mass is 10.2. The van der Waals surface area contributed by atoms with Gasteiger partial charge in [-0.05, 0) is 30.3 Å². The van der Waals surface area contributed by atoms with E-state index < -0.39 is 0 Å². The summed E-state index contributed by atoms with van der Waals surface area (Å²) in [5, 5.41) is 11.6. The van der Waals surface area contributed by atoms with Gasteiger partial charge < -0.3 is 20.4 Å². The predicted octanol–water partition coefficient (Wildman–Crippen LogP) is 1.08. The molecule has 0 aliphatic carbocycles. The van der Waals surface area contributed by atoms with Crippen LogP contribution in [0.15, 0.2) is 58.6 Å². The maximum absolute atomic E-state index is 11.6. The molecular weight excluding hydrogens is 268 g/mol. The minimum Gasteiger partial charge on any atom is -0.409 e. The molecule has 0 aliphatic rings. The second-order valence-corrected chi connectivity index (χ2v) is 4.69. The van der Waals surface area contributed by atoms with Crippen molar-refractivity contribution >= 4 is 11.5 Å². The number of rotatable bonds is 5.